The number of nitrogens with one attached hydrogen (secondary N) is 2. The molecule has 11 nitrogen and oxygen atoms in total. The average Bonchev–Trinajstić information content (AvgIpc) is 2.98. The molecule has 0 radical (unpaired) electrons. The van der Waals surface area contributed by atoms with Crippen molar-refractivity contribution in [1.29, 1.82) is 0 Å². The lowest BCUT2D eigenvalue weighted by atomic mass is 10.2. The number of hydrogen-bond acceptors (Lipinski definition) is 7. The molecular formula is C17H19N7O4. The molecule has 11 heteroatoms. The molecule has 0 atom stereocenters. The van der Waals surface area contributed by atoms with Gasteiger partial charge in [0.1, 0.15) is 0 Å². The van der Waals surface area contributed by atoms with Gasteiger partial charge in [-0.1, -0.05) is 13.8 Å². The molecule has 0 unspecified atom stereocenters. The van der Waals surface area contributed by atoms with Gasteiger partial charge in [-0.2, -0.15) is 10.1 Å². The number of nitro groups is 1. The maximum atomic E-state index is 12.3. The largest absolute Gasteiger partial charge is 0.329 e. The molecule has 2 heterocycles. The van der Waals surface area contributed by atoms with Crippen LogP contribution in [0, 0.1) is 16.0 Å². The smallest absolute Gasteiger partial charge is 0.303 e. The van der Waals surface area contributed by atoms with Crippen molar-refractivity contribution in [2.75, 3.05) is 5.43 Å². The summed E-state index contributed by atoms with van der Waals surface area (Å²) in [6, 6.07) is 5.89. The van der Waals surface area contributed by atoms with Gasteiger partial charge < -0.3 is 4.57 Å². The number of aromatic nitrogens is 4. The Morgan fingerprint density at radius 3 is 2.61 bits per heavy atom. The lowest BCUT2D eigenvalue weighted by Crippen LogP contribution is -2.29. The van der Waals surface area contributed by atoms with E-state index in [0.29, 0.717) is 18.1 Å². The van der Waals surface area contributed by atoms with E-state index < -0.39 is 16.2 Å². The molecule has 28 heavy (non-hydrogen) atoms. The molecule has 0 aliphatic carbocycles. The van der Waals surface area contributed by atoms with Gasteiger partial charge in [-0.05, 0) is 23.6 Å². The molecule has 0 amide bonds. The van der Waals surface area contributed by atoms with Crippen LogP contribution in [-0.2, 0) is 13.6 Å². The van der Waals surface area contributed by atoms with Gasteiger partial charge in [-0.15, -0.1) is 0 Å². The third-order valence-corrected chi connectivity index (χ3v) is 4.04. The number of fused-ring (bicyclic) bond motifs is 1. The number of nitro benzene ring substituents is 1. The quantitative estimate of drug-likeness (QED) is 0.374. The Labute approximate surface area is 158 Å². The summed E-state index contributed by atoms with van der Waals surface area (Å²) in [5, 5.41) is 14.8. The first-order valence-corrected chi connectivity index (χ1v) is 8.51. The maximum absolute atomic E-state index is 12.3. The van der Waals surface area contributed by atoms with E-state index in [9.17, 15) is 19.7 Å². The summed E-state index contributed by atoms with van der Waals surface area (Å²) >= 11 is 0. The lowest BCUT2D eigenvalue weighted by molar-refractivity contribution is -0.384. The normalized spacial score (nSPS) is 11.6. The van der Waals surface area contributed by atoms with E-state index in [1.807, 2.05) is 13.8 Å². The van der Waals surface area contributed by atoms with Crippen LogP contribution in [0.2, 0.25) is 0 Å². The number of imidazole rings is 1. The van der Waals surface area contributed by atoms with Gasteiger partial charge in [-0.3, -0.25) is 24.5 Å². The van der Waals surface area contributed by atoms with Crippen LogP contribution in [0.1, 0.15) is 19.4 Å². The first-order chi connectivity index (χ1) is 13.3. The highest BCUT2D eigenvalue weighted by molar-refractivity contribution is 5.81. The minimum atomic E-state index is -0.548. The van der Waals surface area contributed by atoms with Crippen molar-refractivity contribution in [2.24, 2.45) is 18.1 Å². The zero-order valence-corrected chi connectivity index (χ0v) is 15.5. The fourth-order valence-corrected chi connectivity index (χ4v) is 2.71. The molecular weight excluding hydrogens is 366 g/mol. The van der Waals surface area contributed by atoms with Crippen LogP contribution in [0.5, 0.6) is 0 Å². The van der Waals surface area contributed by atoms with Crippen molar-refractivity contribution in [3.63, 3.8) is 0 Å². The monoisotopic (exact) mass is 385 g/mol. The number of rotatable bonds is 6. The zero-order valence-electron chi connectivity index (χ0n) is 15.5. The van der Waals surface area contributed by atoms with Gasteiger partial charge in [0, 0.05) is 25.7 Å². The number of non-ortho nitro benzene ring substituents is 1. The summed E-state index contributed by atoms with van der Waals surface area (Å²) in [7, 11) is 1.53. The van der Waals surface area contributed by atoms with Crippen LogP contribution in [0.15, 0.2) is 39.0 Å². The Kier molecular flexibility index (Phi) is 5.07. The second kappa shape index (κ2) is 7.47. The molecule has 146 valence electrons. The van der Waals surface area contributed by atoms with Crippen LogP contribution < -0.4 is 16.7 Å². The highest BCUT2D eigenvalue weighted by Gasteiger charge is 2.17. The van der Waals surface area contributed by atoms with Gasteiger partial charge in [-0.25, -0.2) is 10.2 Å². The third kappa shape index (κ3) is 3.68. The molecule has 1 aromatic carbocycles. The lowest BCUT2D eigenvalue weighted by Gasteiger charge is -2.10. The summed E-state index contributed by atoms with van der Waals surface area (Å²) in [4.78, 5) is 41.0. The first-order valence-electron chi connectivity index (χ1n) is 8.51. The predicted octanol–water partition coefficient (Wildman–Crippen LogP) is 1.43. The van der Waals surface area contributed by atoms with E-state index in [1.54, 1.807) is 16.7 Å². The molecule has 0 aliphatic rings. The van der Waals surface area contributed by atoms with E-state index in [2.05, 4.69) is 20.5 Å². The van der Waals surface area contributed by atoms with Gasteiger partial charge in [0.15, 0.2) is 11.2 Å². The number of aromatic amines is 1. The number of anilines is 1. The fraction of sp³-hybridized carbons (Fsp3) is 0.294. The molecule has 0 saturated heterocycles. The standard InChI is InChI=1S/C17H19N7O4/c1-10(2)9-23-13-14(22(3)17(26)20-15(13)25)19-16(23)21-18-8-11-4-6-12(7-5-11)24(27)28/h4-8,10H,9H2,1-3H3,(H,19,21)(H,20,25,26). The summed E-state index contributed by atoms with van der Waals surface area (Å²) < 4.78 is 2.93. The summed E-state index contributed by atoms with van der Waals surface area (Å²) in [6.45, 7) is 4.48. The highest BCUT2D eigenvalue weighted by Crippen LogP contribution is 2.17. The van der Waals surface area contributed by atoms with Crippen molar-refractivity contribution in [1.82, 2.24) is 19.1 Å². The molecule has 3 rings (SSSR count). The van der Waals surface area contributed by atoms with Crippen LogP contribution in [0.4, 0.5) is 11.6 Å². The van der Waals surface area contributed by atoms with Gasteiger partial charge in [0.2, 0.25) is 5.95 Å². The number of hydrazone groups is 1. The van der Waals surface area contributed by atoms with Crippen molar-refractivity contribution >= 4 is 29.0 Å². The molecule has 2 aromatic heterocycles. The van der Waals surface area contributed by atoms with E-state index >= 15 is 0 Å². The Balaban J connectivity index is 1.96. The van der Waals surface area contributed by atoms with Gasteiger partial charge >= 0.3 is 5.69 Å². The molecule has 0 fully saturated rings. The van der Waals surface area contributed by atoms with E-state index in [1.165, 1.54) is 30.0 Å². The maximum Gasteiger partial charge on any atom is 0.329 e. The van der Waals surface area contributed by atoms with E-state index in [4.69, 9.17) is 0 Å². The van der Waals surface area contributed by atoms with E-state index in [-0.39, 0.29) is 22.8 Å². The Morgan fingerprint density at radius 2 is 2.00 bits per heavy atom. The number of aryl methyl sites for hydroxylation is 1. The van der Waals surface area contributed by atoms with Gasteiger partial charge in [0.05, 0.1) is 11.1 Å². The second-order valence-electron chi connectivity index (χ2n) is 6.65. The molecule has 0 aliphatic heterocycles. The first kappa shape index (κ1) is 19.0. The van der Waals surface area contributed by atoms with Crippen molar-refractivity contribution in [3.05, 3.63) is 60.8 Å². The molecule has 0 bridgehead atoms. The summed E-state index contributed by atoms with van der Waals surface area (Å²) in [5.41, 5.74) is 2.89. The topological polar surface area (TPSA) is 140 Å². The summed E-state index contributed by atoms with van der Waals surface area (Å²) in [5.74, 6) is 0.529. The number of H-pyrrole nitrogens is 1. The average molecular weight is 385 g/mol. The second-order valence-corrected chi connectivity index (χ2v) is 6.65. The Bertz CT molecular complexity index is 1170. The number of nitrogens with zero attached hydrogens (tertiary/aromatic N) is 5. The van der Waals surface area contributed by atoms with Crippen LogP contribution in [0.3, 0.4) is 0 Å². The molecule has 0 spiro atoms. The van der Waals surface area contributed by atoms with Crippen molar-refractivity contribution in [2.45, 2.75) is 20.4 Å². The molecule has 0 saturated carbocycles. The Morgan fingerprint density at radius 1 is 1.32 bits per heavy atom. The molecule has 2 N–H and O–H groups in total. The number of hydrogen-bond donors (Lipinski definition) is 2. The van der Waals surface area contributed by atoms with Crippen LogP contribution >= 0.6 is 0 Å². The van der Waals surface area contributed by atoms with Crippen LogP contribution in [0.25, 0.3) is 11.2 Å². The highest BCUT2D eigenvalue weighted by atomic mass is 16.6. The fourth-order valence-electron chi connectivity index (χ4n) is 2.71. The van der Waals surface area contributed by atoms with Crippen molar-refractivity contribution in [3.8, 4) is 0 Å². The Hall–Kier alpha value is -3.76. The predicted molar refractivity (Wildman–Crippen MR) is 105 cm³/mol. The van der Waals surface area contributed by atoms with Crippen LogP contribution in [-0.4, -0.2) is 30.2 Å². The third-order valence-electron chi connectivity index (χ3n) is 4.04. The SMILES string of the molecule is CC(C)Cn1c(NN=Cc2ccc([N+](=O)[O-])cc2)nc2c1c(=O)[nH]c(=O)n2C. The van der Waals surface area contributed by atoms with Gasteiger partial charge in [0.25, 0.3) is 11.2 Å². The van der Waals surface area contributed by atoms with E-state index in [0.717, 1.165) is 0 Å². The minimum absolute atomic E-state index is 0.0102. The minimum Gasteiger partial charge on any atom is -0.303 e. The zero-order chi connectivity index (χ0) is 20.4. The van der Waals surface area contributed by atoms with Crippen molar-refractivity contribution < 1.29 is 4.92 Å². The molecule has 3 aromatic rings. The summed E-state index contributed by atoms with van der Waals surface area (Å²) in [6.07, 6.45) is 1.48. The number of benzene rings is 1.